The quantitative estimate of drug-likeness (QED) is 0.839. The molecule has 0 aliphatic rings. The van der Waals surface area contributed by atoms with Gasteiger partial charge < -0.3 is 15.2 Å². The topological polar surface area (TPSA) is 75.6 Å². The summed E-state index contributed by atoms with van der Waals surface area (Å²) < 4.78 is 5.10. The largest absolute Gasteiger partial charge is 0.481 e. The van der Waals surface area contributed by atoms with Crippen LogP contribution in [0.3, 0.4) is 0 Å². The fourth-order valence-corrected chi connectivity index (χ4v) is 1.92. The fraction of sp³-hybridized carbons (Fsp3) is 0.467. The van der Waals surface area contributed by atoms with E-state index in [1.807, 2.05) is 44.2 Å². The van der Waals surface area contributed by atoms with Crippen LogP contribution in [0.2, 0.25) is 0 Å². The molecule has 0 aliphatic carbocycles. The van der Waals surface area contributed by atoms with Crippen molar-refractivity contribution in [3.63, 3.8) is 0 Å². The molecule has 2 N–H and O–H groups in total. The zero-order chi connectivity index (χ0) is 15.1. The Morgan fingerprint density at radius 1 is 1.20 bits per heavy atom. The molecule has 0 aromatic heterocycles. The Morgan fingerprint density at radius 2 is 1.80 bits per heavy atom. The molecule has 0 fully saturated rings. The van der Waals surface area contributed by atoms with Crippen LogP contribution in [-0.2, 0) is 16.1 Å². The summed E-state index contributed by atoms with van der Waals surface area (Å²) in [5.74, 6) is -1.60. The lowest BCUT2D eigenvalue weighted by atomic mass is 9.92. The number of carbonyl (C=O) groups is 2. The van der Waals surface area contributed by atoms with Crippen LogP contribution in [0.15, 0.2) is 30.3 Å². The summed E-state index contributed by atoms with van der Waals surface area (Å²) in [6, 6.07) is 8.85. The summed E-state index contributed by atoms with van der Waals surface area (Å²) in [4.78, 5) is 22.7. The van der Waals surface area contributed by atoms with Crippen molar-refractivity contribution in [1.29, 1.82) is 0 Å². The van der Waals surface area contributed by atoms with Gasteiger partial charge in [0.25, 0.3) is 0 Å². The highest BCUT2D eigenvalue weighted by Gasteiger charge is 2.28. The Kier molecular flexibility index (Phi) is 6.03. The Hall–Kier alpha value is -2.04. The molecule has 110 valence electrons. The van der Waals surface area contributed by atoms with Gasteiger partial charge in [-0.2, -0.15) is 0 Å². The van der Waals surface area contributed by atoms with Gasteiger partial charge in [0.15, 0.2) is 0 Å². The van der Waals surface area contributed by atoms with Crippen molar-refractivity contribution < 1.29 is 19.4 Å². The number of carboxylic acids is 1. The molecule has 0 saturated heterocycles. The summed E-state index contributed by atoms with van der Waals surface area (Å²) in [6.07, 6.45) is -0.597. The number of hydrogen-bond acceptors (Lipinski definition) is 3. The van der Waals surface area contributed by atoms with Crippen molar-refractivity contribution in [1.82, 2.24) is 5.32 Å². The van der Waals surface area contributed by atoms with E-state index < -0.39 is 24.0 Å². The first-order valence-corrected chi connectivity index (χ1v) is 6.61. The van der Waals surface area contributed by atoms with Crippen molar-refractivity contribution in [2.24, 2.45) is 11.8 Å². The van der Waals surface area contributed by atoms with Crippen LogP contribution in [0, 0.1) is 11.8 Å². The molecule has 1 amide bonds. The van der Waals surface area contributed by atoms with Crippen molar-refractivity contribution in [3.8, 4) is 0 Å². The molecular weight excluding hydrogens is 258 g/mol. The molecule has 0 unspecified atom stereocenters. The average molecular weight is 279 g/mol. The molecule has 1 aromatic rings. The lowest BCUT2D eigenvalue weighted by molar-refractivity contribution is -0.142. The molecule has 0 saturated carbocycles. The van der Waals surface area contributed by atoms with E-state index in [1.54, 1.807) is 6.92 Å². The van der Waals surface area contributed by atoms with Crippen LogP contribution in [0.1, 0.15) is 26.3 Å². The summed E-state index contributed by atoms with van der Waals surface area (Å²) >= 11 is 0. The van der Waals surface area contributed by atoms with Gasteiger partial charge in [0.2, 0.25) is 0 Å². The average Bonchev–Trinajstić information content (AvgIpc) is 2.42. The smallest absolute Gasteiger partial charge is 0.407 e. The van der Waals surface area contributed by atoms with Gasteiger partial charge in [0.1, 0.15) is 6.61 Å². The number of amides is 1. The number of benzene rings is 1. The van der Waals surface area contributed by atoms with Crippen LogP contribution in [0.25, 0.3) is 0 Å². The van der Waals surface area contributed by atoms with Gasteiger partial charge in [-0.3, -0.25) is 4.79 Å². The second-order valence-corrected chi connectivity index (χ2v) is 5.10. The zero-order valence-corrected chi connectivity index (χ0v) is 12.0. The molecular formula is C15H21NO4. The minimum Gasteiger partial charge on any atom is -0.481 e. The molecule has 0 radical (unpaired) electrons. The van der Waals surface area contributed by atoms with Crippen LogP contribution in [0.4, 0.5) is 4.79 Å². The van der Waals surface area contributed by atoms with E-state index in [1.165, 1.54) is 0 Å². The first kappa shape index (κ1) is 16.0. The van der Waals surface area contributed by atoms with Crippen LogP contribution in [0.5, 0.6) is 0 Å². The molecule has 0 aliphatic heterocycles. The van der Waals surface area contributed by atoms with Crippen LogP contribution < -0.4 is 5.32 Å². The van der Waals surface area contributed by atoms with E-state index in [-0.39, 0.29) is 12.5 Å². The van der Waals surface area contributed by atoms with Crippen molar-refractivity contribution >= 4 is 12.1 Å². The first-order valence-electron chi connectivity index (χ1n) is 6.61. The minimum atomic E-state index is -0.938. The summed E-state index contributed by atoms with van der Waals surface area (Å²) in [7, 11) is 0. The van der Waals surface area contributed by atoms with E-state index in [0.29, 0.717) is 0 Å². The SMILES string of the molecule is CC(C)[C@@H](NC(=O)OCc1ccccc1)[C@@H](C)C(=O)O. The number of nitrogens with one attached hydrogen (secondary N) is 1. The normalized spacial score (nSPS) is 13.6. The molecule has 0 spiro atoms. The van der Waals surface area contributed by atoms with Crippen LogP contribution in [-0.4, -0.2) is 23.2 Å². The van der Waals surface area contributed by atoms with Gasteiger partial charge in [0.05, 0.1) is 5.92 Å². The van der Waals surface area contributed by atoms with Gasteiger partial charge in [-0.05, 0) is 18.4 Å². The van der Waals surface area contributed by atoms with E-state index in [4.69, 9.17) is 9.84 Å². The zero-order valence-electron chi connectivity index (χ0n) is 12.0. The maximum absolute atomic E-state index is 11.7. The first-order chi connectivity index (χ1) is 9.41. The number of rotatable bonds is 6. The highest BCUT2D eigenvalue weighted by Crippen LogP contribution is 2.13. The molecule has 5 heteroatoms. The maximum Gasteiger partial charge on any atom is 0.407 e. The summed E-state index contributed by atoms with van der Waals surface area (Å²) in [5, 5.41) is 11.7. The second kappa shape index (κ2) is 7.53. The Labute approximate surface area is 118 Å². The molecule has 5 nitrogen and oxygen atoms in total. The third-order valence-corrected chi connectivity index (χ3v) is 3.14. The monoisotopic (exact) mass is 279 g/mol. The lowest BCUT2D eigenvalue weighted by Crippen LogP contribution is -2.45. The van der Waals surface area contributed by atoms with Crippen molar-refractivity contribution in [2.75, 3.05) is 0 Å². The standard InChI is InChI=1S/C15H21NO4/c1-10(2)13(11(3)14(17)18)16-15(19)20-9-12-7-5-4-6-8-12/h4-8,10-11,13H,9H2,1-3H3,(H,16,19)(H,17,18)/t11-,13-/m1/s1. The predicted molar refractivity (Wildman–Crippen MR) is 75.2 cm³/mol. The number of alkyl carbamates (subject to hydrolysis) is 1. The van der Waals surface area contributed by atoms with Crippen molar-refractivity contribution in [2.45, 2.75) is 33.4 Å². The number of hydrogen-bond donors (Lipinski definition) is 2. The maximum atomic E-state index is 11.7. The van der Waals surface area contributed by atoms with Gasteiger partial charge in [-0.15, -0.1) is 0 Å². The predicted octanol–water partition coefficient (Wildman–Crippen LogP) is 2.66. The number of aliphatic carboxylic acids is 1. The van der Waals surface area contributed by atoms with Crippen LogP contribution >= 0.6 is 0 Å². The van der Waals surface area contributed by atoms with E-state index >= 15 is 0 Å². The van der Waals surface area contributed by atoms with Gasteiger partial charge in [0, 0.05) is 6.04 Å². The Morgan fingerprint density at radius 3 is 2.30 bits per heavy atom. The highest BCUT2D eigenvalue weighted by atomic mass is 16.5. The van der Waals surface area contributed by atoms with E-state index in [9.17, 15) is 9.59 Å². The van der Waals surface area contributed by atoms with E-state index in [2.05, 4.69) is 5.32 Å². The summed E-state index contributed by atoms with van der Waals surface area (Å²) in [5.41, 5.74) is 0.884. The summed E-state index contributed by atoms with van der Waals surface area (Å²) in [6.45, 7) is 5.46. The van der Waals surface area contributed by atoms with Gasteiger partial charge in [-0.25, -0.2) is 4.79 Å². The second-order valence-electron chi connectivity index (χ2n) is 5.10. The Balaban J connectivity index is 2.52. The number of ether oxygens (including phenoxy) is 1. The molecule has 0 heterocycles. The molecule has 1 rings (SSSR count). The third-order valence-electron chi connectivity index (χ3n) is 3.14. The molecule has 20 heavy (non-hydrogen) atoms. The number of carboxylic acid groups (broad SMARTS) is 1. The molecule has 2 atom stereocenters. The minimum absolute atomic E-state index is 0.00498. The third kappa shape index (κ3) is 4.91. The van der Waals surface area contributed by atoms with E-state index in [0.717, 1.165) is 5.56 Å². The highest BCUT2D eigenvalue weighted by molar-refractivity contribution is 5.73. The van der Waals surface area contributed by atoms with Crippen molar-refractivity contribution in [3.05, 3.63) is 35.9 Å². The van der Waals surface area contributed by atoms with Gasteiger partial charge >= 0.3 is 12.1 Å². The fourth-order valence-electron chi connectivity index (χ4n) is 1.92. The lowest BCUT2D eigenvalue weighted by Gasteiger charge is -2.25. The van der Waals surface area contributed by atoms with Gasteiger partial charge in [-0.1, -0.05) is 44.2 Å². The Bertz CT molecular complexity index is 444. The molecule has 1 aromatic carbocycles. The molecule has 0 bridgehead atoms. The number of carbonyl (C=O) groups excluding carboxylic acids is 1.